The van der Waals surface area contributed by atoms with E-state index in [0.717, 1.165) is 17.9 Å². The van der Waals surface area contributed by atoms with Gasteiger partial charge in [0, 0.05) is 6.04 Å². The van der Waals surface area contributed by atoms with Crippen LogP contribution < -0.4 is 5.32 Å². The highest BCUT2D eigenvalue weighted by Gasteiger charge is 2.21. The van der Waals surface area contributed by atoms with Gasteiger partial charge in [0.15, 0.2) is 0 Å². The van der Waals surface area contributed by atoms with E-state index in [2.05, 4.69) is 12.2 Å². The summed E-state index contributed by atoms with van der Waals surface area (Å²) in [6.45, 7) is 3.73. The molecule has 0 spiro atoms. The summed E-state index contributed by atoms with van der Waals surface area (Å²) in [5.41, 5.74) is 0. The van der Waals surface area contributed by atoms with E-state index >= 15 is 0 Å². The van der Waals surface area contributed by atoms with Crippen molar-refractivity contribution in [1.29, 1.82) is 0 Å². The molecule has 2 aliphatic carbocycles. The molecular weight excluding hydrogens is 182 g/mol. The number of hydrogen-bond acceptors (Lipinski definition) is 1. The van der Waals surface area contributed by atoms with Crippen molar-refractivity contribution in [2.45, 2.75) is 70.8 Å². The van der Waals surface area contributed by atoms with Gasteiger partial charge in [0.1, 0.15) is 0 Å². The highest BCUT2D eigenvalue weighted by molar-refractivity contribution is 4.79. The van der Waals surface area contributed by atoms with E-state index in [0.29, 0.717) is 0 Å². The minimum absolute atomic E-state index is 0.873. The van der Waals surface area contributed by atoms with Crippen LogP contribution in [0.2, 0.25) is 0 Å². The maximum absolute atomic E-state index is 3.74. The summed E-state index contributed by atoms with van der Waals surface area (Å²) >= 11 is 0. The minimum atomic E-state index is 0.873. The largest absolute Gasteiger partial charge is 0.314 e. The fourth-order valence-electron chi connectivity index (χ4n) is 3.01. The summed E-state index contributed by atoms with van der Waals surface area (Å²) in [7, 11) is 0. The smallest absolute Gasteiger partial charge is 0.00671 e. The highest BCUT2D eigenvalue weighted by atomic mass is 14.9. The van der Waals surface area contributed by atoms with E-state index in [1.807, 2.05) is 0 Å². The molecular formula is C14H27N. The second kappa shape index (κ2) is 5.89. The Morgan fingerprint density at radius 1 is 0.933 bits per heavy atom. The standard InChI is InChI=1S/C14H27N/c1-12(11-15-14-9-6-10-14)13-7-4-2-3-5-8-13/h12-15H,2-11H2,1H3. The minimum Gasteiger partial charge on any atom is -0.314 e. The Labute approximate surface area is 95.0 Å². The lowest BCUT2D eigenvalue weighted by atomic mass is 9.86. The quantitative estimate of drug-likeness (QED) is 0.696. The topological polar surface area (TPSA) is 12.0 Å². The van der Waals surface area contributed by atoms with Gasteiger partial charge in [-0.1, -0.05) is 51.9 Å². The Kier molecular flexibility index (Phi) is 4.49. The van der Waals surface area contributed by atoms with Crippen molar-refractivity contribution >= 4 is 0 Å². The van der Waals surface area contributed by atoms with Gasteiger partial charge < -0.3 is 5.32 Å². The first-order chi connectivity index (χ1) is 7.36. The van der Waals surface area contributed by atoms with Crippen LogP contribution in [0.25, 0.3) is 0 Å². The Balaban J connectivity index is 1.65. The maximum atomic E-state index is 3.74. The summed E-state index contributed by atoms with van der Waals surface area (Å²) < 4.78 is 0. The predicted molar refractivity (Wildman–Crippen MR) is 66.0 cm³/mol. The molecule has 0 aromatic carbocycles. The molecule has 1 nitrogen and oxygen atoms in total. The van der Waals surface area contributed by atoms with Gasteiger partial charge in [-0.2, -0.15) is 0 Å². The Morgan fingerprint density at radius 2 is 1.60 bits per heavy atom. The zero-order chi connectivity index (χ0) is 10.5. The molecule has 0 saturated heterocycles. The third-order valence-electron chi connectivity index (χ3n) is 4.54. The van der Waals surface area contributed by atoms with E-state index in [9.17, 15) is 0 Å². The molecule has 2 saturated carbocycles. The molecule has 0 amide bonds. The van der Waals surface area contributed by atoms with Crippen LogP contribution in [0.15, 0.2) is 0 Å². The molecule has 15 heavy (non-hydrogen) atoms. The van der Waals surface area contributed by atoms with Gasteiger partial charge in [-0.25, -0.2) is 0 Å². The summed E-state index contributed by atoms with van der Waals surface area (Å²) in [4.78, 5) is 0. The van der Waals surface area contributed by atoms with Gasteiger partial charge in [0.25, 0.3) is 0 Å². The van der Waals surface area contributed by atoms with Gasteiger partial charge in [0.2, 0.25) is 0 Å². The fraction of sp³-hybridized carbons (Fsp3) is 1.00. The molecule has 0 aromatic rings. The Morgan fingerprint density at radius 3 is 2.13 bits per heavy atom. The van der Waals surface area contributed by atoms with Crippen LogP contribution in [0.3, 0.4) is 0 Å². The molecule has 88 valence electrons. The first-order valence-electron chi connectivity index (χ1n) is 7.09. The second-order valence-electron chi connectivity index (χ2n) is 5.77. The number of nitrogens with one attached hydrogen (secondary N) is 1. The normalized spacial score (nSPS) is 27.0. The van der Waals surface area contributed by atoms with Crippen LogP contribution in [0.5, 0.6) is 0 Å². The lowest BCUT2D eigenvalue weighted by Crippen LogP contribution is -2.39. The summed E-state index contributed by atoms with van der Waals surface area (Å²) in [6.07, 6.45) is 13.2. The number of rotatable bonds is 4. The SMILES string of the molecule is CC(CNC1CCC1)C1CCCCCC1. The monoisotopic (exact) mass is 209 g/mol. The molecule has 0 bridgehead atoms. The van der Waals surface area contributed by atoms with Crippen LogP contribution in [-0.4, -0.2) is 12.6 Å². The van der Waals surface area contributed by atoms with Crippen molar-refractivity contribution in [2.75, 3.05) is 6.54 Å². The third-order valence-corrected chi connectivity index (χ3v) is 4.54. The molecule has 0 aromatic heterocycles. The van der Waals surface area contributed by atoms with Gasteiger partial charge in [-0.15, -0.1) is 0 Å². The maximum Gasteiger partial charge on any atom is 0.00671 e. The van der Waals surface area contributed by atoms with Crippen LogP contribution >= 0.6 is 0 Å². The van der Waals surface area contributed by atoms with Gasteiger partial charge in [-0.3, -0.25) is 0 Å². The lowest BCUT2D eigenvalue weighted by Gasteiger charge is -2.30. The zero-order valence-electron chi connectivity index (χ0n) is 10.3. The van der Waals surface area contributed by atoms with E-state index in [1.165, 1.54) is 64.3 Å². The van der Waals surface area contributed by atoms with Crippen molar-refractivity contribution in [3.05, 3.63) is 0 Å². The van der Waals surface area contributed by atoms with Crippen LogP contribution in [-0.2, 0) is 0 Å². The summed E-state index contributed by atoms with van der Waals surface area (Å²) in [5, 5.41) is 3.74. The molecule has 0 heterocycles. The van der Waals surface area contributed by atoms with Crippen LogP contribution in [0.4, 0.5) is 0 Å². The molecule has 1 heteroatoms. The van der Waals surface area contributed by atoms with Crippen molar-refractivity contribution in [3.63, 3.8) is 0 Å². The molecule has 1 N–H and O–H groups in total. The number of hydrogen-bond donors (Lipinski definition) is 1. The molecule has 0 radical (unpaired) electrons. The average Bonchev–Trinajstić information content (AvgIpc) is 2.43. The van der Waals surface area contributed by atoms with Gasteiger partial charge in [-0.05, 0) is 31.2 Å². The lowest BCUT2D eigenvalue weighted by molar-refractivity contribution is 0.265. The van der Waals surface area contributed by atoms with Crippen LogP contribution in [0, 0.1) is 11.8 Å². The molecule has 2 aliphatic rings. The second-order valence-corrected chi connectivity index (χ2v) is 5.77. The van der Waals surface area contributed by atoms with Gasteiger partial charge >= 0.3 is 0 Å². The molecule has 2 fully saturated rings. The Hall–Kier alpha value is -0.0400. The van der Waals surface area contributed by atoms with Crippen molar-refractivity contribution in [3.8, 4) is 0 Å². The zero-order valence-corrected chi connectivity index (χ0v) is 10.3. The molecule has 1 unspecified atom stereocenters. The summed E-state index contributed by atoms with van der Waals surface area (Å²) in [5.74, 6) is 1.92. The van der Waals surface area contributed by atoms with Crippen molar-refractivity contribution < 1.29 is 0 Å². The first kappa shape index (κ1) is 11.4. The summed E-state index contributed by atoms with van der Waals surface area (Å²) in [6, 6.07) is 0.873. The van der Waals surface area contributed by atoms with E-state index in [4.69, 9.17) is 0 Å². The van der Waals surface area contributed by atoms with Crippen molar-refractivity contribution in [2.24, 2.45) is 11.8 Å². The molecule has 2 rings (SSSR count). The Bertz CT molecular complexity index is 166. The first-order valence-corrected chi connectivity index (χ1v) is 7.09. The van der Waals surface area contributed by atoms with E-state index in [1.54, 1.807) is 0 Å². The average molecular weight is 209 g/mol. The van der Waals surface area contributed by atoms with Crippen molar-refractivity contribution in [1.82, 2.24) is 5.32 Å². The fourth-order valence-corrected chi connectivity index (χ4v) is 3.01. The third kappa shape index (κ3) is 3.48. The molecule has 1 atom stereocenters. The highest BCUT2D eigenvalue weighted by Crippen LogP contribution is 2.29. The predicted octanol–water partition coefficient (Wildman–Crippen LogP) is 3.74. The van der Waals surface area contributed by atoms with E-state index in [-0.39, 0.29) is 0 Å². The molecule has 0 aliphatic heterocycles. The van der Waals surface area contributed by atoms with E-state index < -0.39 is 0 Å². The van der Waals surface area contributed by atoms with Gasteiger partial charge in [0.05, 0.1) is 0 Å². The van der Waals surface area contributed by atoms with Crippen LogP contribution in [0.1, 0.15) is 64.7 Å².